The lowest BCUT2D eigenvalue weighted by Gasteiger charge is -2.29. The number of hydrogen-bond acceptors (Lipinski definition) is 6. The summed E-state index contributed by atoms with van der Waals surface area (Å²) >= 11 is 0. The van der Waals surface area contributed by atoms with Crippen molar-refractivity contribution >= 4 is 6.21 Å². The Labute approximate surface area is 175 Å². The molecule has 0 saturated heterocycles. The Morgan fingerprint density at radius 3 is 2.76 bits per heavy atom. The molecule has 0 atom stereocenters. The van der Waals surface area contributed by atoms with Crippen molar-refractivity contribution in [1.29, 1.82) is 0 Å². The Hall–Kier alpha value is -2.05. The fourth-order valence-corrected chi connectivity index (χ4v) is 3.62. The molecule has 0 spiro atoms. The molecule has 1 heterocycles. The first kappa shape index (κ1) is 23.2. The van der Waals surface area contributed by atoms with Crippen LogP contribution >= 0.6 is 0 Å². The van der Waals surface area contributed by atoms with Gasteiger partial charge in [-0.25, -0.2) is 4.98 Å². The third kappa shape index (κ3) is 8.88. The molecule has 0 aromatic carbocycles. The number of nitrogens with zero attached hydrogens (tertiary/aromatic N) is 3. The molecule has 0 bridgehead atoms. The molecule has 1 fully saturated rings. The molecule has 1 aromatic heterocycles. The van der Waals surface area contributed by atoms with Crippen LogP contribution in [0.2, 0.25) is 0 Å². The van der Waals surface area contributed by atoms with Crippen molar-refractivity contribution in [3.05, 3.63) is 42.5 Å². The summed E-state index contributed by atoms with van der Waals surface area (Å²) in [5.74, 6) is 0.543. The third-order valence-electron chi connectivity index (χ3n) is 5.18. The number of methoxy groups -OCH3 is 1. The number of aliphatic imine (C=N–C) groups is 1. The number of aromatic nitrogens is 2. The van der Waals surface area contributed by atoms with Crippen molar-refractivity contribution < 1.29 is 9.47 Å². The lowest BCUT2D eigenvalue weighted by molar-refractivity contribution is -0.0417. The van der Waals surface area contributed by atoms with E-state index in [1.54, 1.807) is 19.5 Å². The van der Waals surface area contributed by atoms with Crippen LogP contribution in [0.3, 0.4) is 0 Å². The molecule has 2 rings (SSSR count). The Kier molecular flexibility index (Phi) is 10.6. The standard InChI is InChI=1S/C23H36N4O2/c1-4-5-14-25-20(2)16-23(11-7-8-12-23)29-15-10-6-9-13-24-17-21-18-27-22(28-3)19-26-21/h4-5,14,18-19,24H,2,6-13,15-17H2,1,3H3/b5-4-,25-14-. The smallest absolute Gasteiger partial charge is 0.231 e. The van der Waals surface area contributed by atoms with Crippen LogP contribution in [0.1, 0.15) is 64.0 Å². The van der Waals surface area contributed by atoms with Gasteiger partial charge in [0.15, 0.2) is 0 Å². The minimum absolute atomic E-state index is 0.0460. The van der Waals surface area contributed by atoms with Crippen molar-refractivity contribution in [3.63, 3.8) is 0 Å². The van der Waals surface area contributed by atoms with Crippen molar-refractivity contribution in [2.45, 2.75) is 70.4 Å². The molecule has 1 aromatic rings. The number of ether oxygens (including phenoxy) is 2. The summed E-state index contributed by atoms with van der Waals surface area (Å²) in [5.41, 5.74) is 1.79. The molecule has 0 radical (unpaired) electrons. The molecule has 1 aliphatic carbocycles. The summed E-state index contributed by atoms with van der Waals surface area (Å²) in [6.07, 6.45) is 18.0. The van der Waals surface area contributed by atoms with Gasteiger partial charge in [-0.15, -0.1) is 0 Å². The summed E-state index contributed by atoms with van der Waals surface area (Å²) in [6.45, 7) is 8.61. The minimum Gasteiger partial charge on any atom is -0.480 e. The average Bonchev–Trinajstić information content (AvgIpc) is 3.19. The SMILES string of the molecule is C=C(CC1(OCCCCCNCc2cnc(OC)cn2)CCCC1)/N=C\C=C/C. The largest absolute Gasteiger partial charge is 0.480 e. The molecule has 160 valence electrons. The predicted octanol–water partition coefficient (Wildman–Crippen LogP) is 4.63. The van der Waals surface area contributed by atoms with Gasteiger partial charge in [0, 0.05) is 31.5 Å². The highest BCUT2D eigenvalue weighted by Gasteiger charge is 2.35. The Bertz CT molecular complexity index is 649. The summed E-state index contributed by atoms with van der Waals surface area (Å²) < 4.78 is 11.4. The molecule has 1 aliphatic rings. The quantitative estimate of drug-likeness (QED) is 0.364. The molecular formula is C23H36N4O2. The highest BCUT2D eigenvalue weighted by atomic mass is 16.5. The molecule has 0 unspecified atom stereocenters. The van der Waals surface area contributed by atoms with Crippen LogP contribution in [0.15, 0.2) is 41.8 Å². The van der Waals surface area contributed by atoms with Crippen LogP contribution in [0.25, 0.3) is 0 Å². The van der Waals surface area contributed by atoms with Gasteiger partial charge >= 0.3 is 0 Å². The van der Waals surface area contributed by atoms with Crippen molar-refractivity contribution in [2.24, 2.45) is 4.99 Å². The van der Waals surface area contributed by atoms with Gasteiger partial charge < -0.3 is 14.8 Å². The molecule has 29 heavy (non-hydrogen) atoms. The summed E-state index contributed by atoms with van der Waals surface area (Å²) in [6, 6.07) is 0. The first-order valence-electron chi connectivity index (χ1n) is 10.7. The van der Waals surface area contributed by atoms with E-state index in [1.807, 2.05) is 25.3 Å². The zero-order valence-corrected chi connectivity index (χ0v) is 18.0. The van der Waals surface area contributed by atoms with Crippen molar-refractivity contribution in [2.75, 3.05) is 20.3 Å². The van der Waals surface area contributed by atoms with Gasteiger partial charge in [0.05, 0.1) is 30.8 Å². The zero-order valence-electron chi connectivity index (χ0n) is 18.0. The lowest BCUT2D eigenvalue weighted by Crippen LogP contribution is -2.30. The van der Waals surface area contributed by atoms with E-state index in [1.165, 1.54) is 12.8 Å². The number of unbranched alkanes of at least 4 members (excludes halogenated alkanes) is 2. The fourth-order valence-electron chi connectivity index (χ4n) is 3.62. The highest BCUT2D eigenvalue weighted by molar-refractivity contribution is 5.71. The van der Waals surface area contributed by atoms with Gasteiger partial charge in [0.2, 0.25) is 5.88 Å². The van der Waals surface area contributed by atoms with Crippen LogP contribution in [-0.2, 0) is 11.3 Å². The van der Waals surface area contributed by atoms with Gasteiger partial charge in [0.25, 0.3) is 0 Å². The molecule has 6 heteroatoms. The van der Waals surface area contributed by atoms with E-state index in [4.69, 9.17) is 9.47 Å². The van der Waals surface area contributed by atoms with E-state index in [0.29, 0.717) is 5.88 Å². The van der Waals surface area contributed by atoms with Gasteiger partial charge in [-0.3, -0.25) is 9.98 Å². The Balaban J connectivity index is 1.58. The molecule has 6 nitrogen and oxygen atoms in total. The number of allylic oxidation sites excluding steroid dienone is 2. The zero-order chi connectivity index (χ0) is 20.8. The molecule has 0 amide bonds. The van der Waals surface area contributed by atoms with Gasteiger partial charge in [-0.1, -0.05) is 25.5 Å². The number of rotatable bonds is 14. The highest BCUT2D eigenvalue weighted by Crippen LogP contribution is 2.38. The predicted molar refractivity (Wildman–Crippen MR) is 118 cm³/mol. The fraction of sp³-hybridized carbons (Fsp3) is 0.609. The van der Waals surface area contributed by atoms with E-state index in [2.05, 4.69) is 26.9 Å². The van der Waals surface area contributed by atoms with E-state index in [0.717, 1.165) is 69.6 Å². The van der Waals surface area contributed by atoms with Crippen molar-refractivity contribution in [1.82, 2.24) is 15.3 Å². The first-order valence-corrected chi connectivity index (χ1v) is 10.7. The van der Waals surface area contributed by atoms with Crippen molar-refractivity contribution in [3.8, 4) is 5.88 Å². The maximum Gasteiger partial charge on any atom is 0.231 e. The van der Waals surface area contributed by atoms with Crippen LogP contribution in [0.4, 0.5) is 0 Å². The Morgan fingerprint density at radius 1 is 1.24 bits per heavy atom. The summed E-state index contributed by atoms with van der Waals surface area (Å²) in [5, 5.41) is 3.41. The topological polar surface area (TPSA) is 68.6 Å². The number of nitrogens with one attached hydrogen (secondary N) is 1. The summed E-state index contributed by atoms with van der Waals surface area (Å²) in [4.78, 5) is 12.9. The van der Waals surface area contributed by atoms with Gasteiger partial charge in [-0.2, -0.15) is 0 Å². The third-order valence-corrected chi connectivity index (χ3v) is 5.18. The van der Waals surface area contributed by atoms with Crippen LogP contribution in [-0.4, -0.2) is 42.0 Å². The molecular weight excluding hydrogens is 364 g/mol. The second-order valence-electron chi connectivity index (χ2n) is 7.57. The van der Waals surface area contributed by atoms with Crippen LogP contribution in [0.5, 0.6) is 5.88 Å². The second-order valence-corrected chi connectivity index (χ2v) is 7.57. The monoisotopic (exact) mass is 400 g/mol. The lowest BCUT2D eigenvalue weighted by atomic mass is 9.96. The maximum atomic E-state index is 6.36. The summed E-state index contributed by atoms with van der Waals surface area (Å²) in [7, 11) is 1.59. The van der Waals surface area contributed by atoms with E-state index in [-0.39, 0.29) is 5.60 Å². The first-order chi connectivity index (χ1) is 14.2. The normalized spacial score (nSPS) is 16.1. The molecule has 1 saturated carbocycles. The second kappa shape index (κ2) is 13.2. The van der Waals surface area contributed by atoms with Crippen LogP contribution in [0, 0.1) is 0 Å². The Morgan fingerprint density at radius 2 is 2.07 bits per heavy atom. The maximum absolute atomic E-state index is 6.36. The molecule has 0 aliphatic heterocycles. The van der Waals surface area contributed by atoms with Crippen LogP contribution < -0.4 is 10.1 Å². The van der Waals surface area contributed by atoms with Gasteiger partial charge in [-0.05, 0) is 51.6 Å². The minimum atomic E-state index is -0.0460. The average molecular weight is 401 g/mol. The molecule has 1 N–H and O–H groups in total. The van der Waals surface area contributed by atoms with Gasteiger partial charge in [0.1, 0.15) is 0 Å². The van der Waals surface area contributed by atoms with E-state index < -0.39 is 0 Å². The number of hydrogen-bond donors (Lipinski definition) is 1. The van der Waals surface area contributed by atoms with E-state index in [9.17, 15) is 0 Å². The van der Waals surface area contributed by atoms with E-state index >= 15 is 0 Å².